The van der Waals surface area contributed by atoms with Gasteiger partial charge in [-0.2, -0.15) is 5.26 Å². The Hall–Kier alpha value is -19.1. The second kappa shape index (κ2) is 34.7. The van der Waals surface area contributed by atoms with Crippen LogP contribution < -0.4 is 0 Å². The predicted molar refractivity (Wildman–Crippen MR) is 539 cm³/mol. The fourth-order valence-electron chi connectivity index (χ4n) is 17.8. The van der Waals surface area contributed by atoms with E-state index in [1.54, 1.807) is 0 Å². The lowest BCUT2D eigenvalue weighted by atomic mass is 9.93. The van der Waals surface area contributed by atoms with Crippen molar-refractivity contribution in [1.82, 2.24) is 83.9 Å². The number of fused-ring (bicyclic) bond motifs is 6. The molecule has 7 heterocycles. The van der Waals surface area contributed by atoms with Gasteiger partial charge >= 0.3 is 0 Å². The summed E-state index contributed by atoms with van der Waals surface area (Å²) in [7, 11) is 0. The zero-order valence-corrected chi connectivity index (χ0v) is 72.6. The molecule has 17 aromatic carbocycles. The second-order valence-electron chi connectivity index (χ2n) is 32.9. The summed E-state index contributed by atoms with van der Waals surface area (Å²) in [5.41, 5.74) is 20.7. The molecule has 136 heavy (non-hydrogen) atoms. The van der Waals surface area contributed by atoms with Crippen molar-refractivity contribution in [3.05, 3.63) is 442 Å². The maximum Gasteiger partial charge on any atom is 0.164 e. The zero-order chi connectivity index (χ0) is 90.4. The number of aromatic nitrogens is 17. The Bertz CT molecular complexity index is 8100. The van der Waals surface area contributed by atoms with Gasteiger partial charge in [0.15, 0.2) is 87.4 Å². The number of benzene rings is 17. The lowest BCUT2D eigenvalue weighted by molar-refractivity contribution is 1.07. The van der Waals surface area contributed by atoms with Crippen molar-refractivity contribution < 1.29 is 0 Å². The first kappa shape index (κ1) is 80.2. The summed E-state index contributed by atoms with van der Waals surface area (Å²) in [6.07, 6.45) is 0. The van der Waals surface area contributed by atoms with Crippen LogP contribution >= 0.6 is 0 Å². The largest absolute Gasteiger partial charge is 0.309 e. The minimum absolute atomic E-state index is 0.450. The maximum absolute atomic E-state index is 11.6. The fraction of sp³-hybridized carbons (Fsp3) is 0. The van der Waals surface area contributed by atoms with Crippen molar-refractivity contribution in [3.8, 4) is 211 Å². The highest BCUT2D eigenvalue weighted by molar-refractivity contribution is 6.14. The molecule has 24 aromatic rings. The van der Waals surface area contributed by atoms with Crippen LogP contribution in [0, 0.1) is 11.3 Å². The maximum atomic E-state index is 11.6. The van der Waals surface area contributed by atoms with Crippen molar-refractivity contribution in [2.24, 2.45) is 0 Å². The fourth-order valence-corrected chi connectivity index (χ4v) is 17.8. The van der Waals surface area contributed by atoms with Gasteiger partial charge in [-0.15, -0.1) is 0 Å². The van der Waals surface area contributed by atoms with Gasteiger partial charge in [-0.25, -0.2) is 74.8 Å². The molecule has 634 valence electrons. The third-order valence-electron chi connectivity index (χ3n) is 24.4. The van der Waals surface area contributed by atoms with Gasteiger partial charge < -0.3 is 9.13 Å². The highest BCUT2D eigenvalue weighted by atomic mass is 15.1. The quantitative estimate of drug-likeness (QED) is 0.0733. The van der Waals surface area contributed by atoms with Crippen molar-refractivity contribution in [3.63, 3.8) is 0 Å². The Balaban J connectivity index is 0.765. The molecule has 0 radical (unpaired) electrons. The summed E-state index contributed by atoms with van der Waals surface area (Å²) >= 11 is 0. The van der Waals surface area contributed by atoms with Crippen molar-refractivity contribution >= 4 is 43.6 Å². The van der Waals surface area contributed by atoms with E-state index in [1.165, 1.54) is 0 Å². The Morgan fingerprint density at radius 2 is 0.324 bits per heavy atom. The third-order valence-corrected chi connectivity index (χ3v) is 24.4. The van der Waals surface area contributed by atoms with Crippen LogP contribution in [-0.2, 0) is 0 Å². The van der Waals surface area contributed by atoms with Crippen LogP contribution in [0.4, 0.5) is 0 Å². The van der Waals surface area contributed by atoms with Gasteiger partial charge in [0.2, 0.25) is 0 Å². The van der Waals surface area contributed by atoms with Crippen LogP contribution in [0.1, 0.15) is 5.56 Å². The molecule has 0 spiro atoms. The van der Waals surface area contributed by atoms with Gasteiger partial charge in [-0.3, -0.25) is 0 Å². The van der Waals surface area contributed by atoms with E-state index in [0.29, 0.717) is 104 Å². The van der Waals surface area contributed by atoms with E-state index < -0.39 is 0 Å². The van der Waals surface area contributed by atoms with Gasteiger partial charge in [0.05, 0.1) is 45.1 Å². The van der Waals surface area contributed by atoms with Crippen LogP contribution in [-0.4, -0.2) is 83.9 Å². The minimum atomic E-state index is 0.450. The number of nitriles is 1. The standard InChI is InChI=1S/C118H72N18/c119-73-90-53-31-32-54-91(90)93-67-84(55-61-99(93)136-102-65-59-88(117-131-110(80-45-23-7-24-46-80)123-111(132-117)81-47-25-8-26-48-81)71-96(102)97-72-89(60-66-103(97)136)118-133-112(82-49-27-9-28-50-82)124-113(134-118)83-51-29-10-30-52-83)92-68-85(114-125-104(74-33-11-1-12-34-74)120-105(126-114)75-35-13-2-14-36-75)56-62-98(92)135-100-63-57-86(115-127-106(76-37-15-3-16-38-76)121-107(128-115)77-39-17-4-18-40-77)69-94(100)95-70-87(58-64-101(95)135)116-129-108(78-41-19-5-20-42-78)122-109(130-116)79-43-21-6-22-44-79/h1-72H. The predicted octanol–water partition coefficient (Wildman–Crippen LogP) is 27.0. The molecule has 7 aromatic heterocycles. The van der Waals surface area contributed by atoms with Crippen LogP contribution in [0.2, 0.25) is 0 Å². The molecular formula is C118H72N18. The number of rotatable bonds is 19. The smallest absolute Gasteiger partial charge is 0.164 e. The summed E-state index contributed by atoms with van der Waals surface area (Å²) in [5.74, 6) is 7.67. The van der Waals surface area contributed by atoms with Gasteiger partial charge in [0.25, 0.3) is 0 Å². The molecule has 0 saturated carbocycles. The molecule has 0 fully saturated rings. The molecule has 0 unspecified atom stereocenters. The van der Waals surface area contributed by atoms with E-state index >= 15 is 0 Å². The zero-order valence-electron chi connectivity index (χ0n) is 72.6. The van der Waals surface area contributed by atoms with Gasteiger partial charge in [0.1, 0.15) is 0 Å². The first-order valence-corrected chi connectivity index (χ1v) is 44.6. The molecule has 0 amide bonds. The second-order valence-corrected chi connectivity index (χ2v) is 32.9. The minimum Gasteiger partial charge on any atom is -0.309 e. The van der Waals surface area contributed by atoms with Crippen LogP contribution in [0.5, 0.6) is 0 Å². The van der Waals surface area contributed by atoms with E-state index in [-0.39, 0.29) is 0 Å². The van der Waals surface area contributed by atoms with Crippen molar-refractivity contribution in [1.29, 1.82) is 5.26 Å². The highest BCUT2D eigenvalue weighted by Gasteiger charge is 2.28. The lowest BCUT2D eigenvalue weighted by Crippen LogP contribution is -2.03. The lowest BCUT2D eigenvalue weighted by Gasteiger charge is -2.20. The average Bonchev–Trinajstić information content (AvgIpc) is 1.56. The molecule has 0 aliphatic heterocycles. The van der Waals surface area contributed by atoms with E-state index in [2.05, 4.69) is 124 Å². The van der Waals surface area contributed by atoms with Crippen molar-refractivity contribution in [2.75, 3.05) is 0 Å². The molecule has 0 aliphatic rings. The topological polar surface area (TPSA) is 227 Å². The molecule has 0 bridgehead atoms. The first-order valence-electron chi connectivity index (χ1n) is 44.6. The van der Waals surface area contributed by atoms with Crippen LogP contribution in [0.15, 0.2) is 437 Å². The molecular weight excluding hydrogens is 1670 g/mol. The Labute approximate surface area is 780 Å². The molecule has 0 aliphatic carbocycles. The van der Waals surface area contributed by atoms with Gasteiger partial charge in [-0.05, 0) is 115 Å². The molecule has 0 atom stereocenters. The molecule has 18 nitrogen and oxygen atoms in total. The summed E-state index contributed by atoms with van der Waals surface area (Å²) in [4.78, 5) is 78.9. The Kier molecular flexibility index (Phi) is 20.5. The molecule has 24 rings (SSSR count). The monoisotopic (exact) mass is 1740 g/mol. The summed E-state index contributed by atoms with van der Waals surface area (Å²) in [5, 5.41) is 15.2. The number of hydrogen-bond donors (Lipinski definition) is 0. The summed E-state index contributed by atoms with van der Waals surface area (Å²) < 4.78 is 4.64. The van der Waals surface area contributed by atoms with Crippen LogP contribution in [0.25, 0.3) is 248 Å². The van der Waals surface area contributed by atoms with Crippen LogP contribution in [0.3, 0.4) is 0 Å². The average molecular weight is 1740 g/mol. The van der Waals surface area contributed by atoms with Gasteiger partial charge in [0, 0.05) is 122 Å². The normalized spacial score (nSPS) is 11.4. The highest BCUT2D eigenvalue weighted by Crippen LogP contribution is 2.47. The molecule has 18 heteroatoms. The number of hydrogen-bond acceptors (Lipinski definition) is 16. The third kappa shape index (κ3) is 15.3. The van der Waals surface area contributed by atoms with E-state index in [0.717, 1.165) is 150 Å². The Morgan fingerprint density at radius 1 is 0.147 bits per heavy atom. The number of nitrogens with zero attached hydrogens (tertiary/aromatic N) is 18. The van der Waals surface area contributed by atoms with E-state index in [9.17, 15) is 5.26 Å². The van der Waals surface area contributed by atoms with E-state index in [4.69, 9.17) is 74.8 Å². The van der Waals surface area contributed by atoms with Gasteiger partial charge in [-0.1, -0.05) is 328 Å². The van der Waals surface area contributed by atoms with Crippen molar-refractivity contribution in [2.45, 2.75) is 0 Å². The SMILES string of the molecule is N#Cc1ccccc1-c1cc(-c2cc(-c3nc(-c4ccccc4)nc(-c4ccccc4)n3)ccc2-n2c3ccc(-c4nc(-c5ccccc5)nc(-c5ccccc5)n4)cc3c3cc(-c4nc(-c5ccccc5)nc(-c5ccccc5)n4)ccc32)ccc1-n1c2ccc(-c3nc(-c4ccccc4)nc(-c4ccccc4)n3)cc2c2cc(-c3nc(-c4ccccc4)nc(-c4ccccc4)n3)ccc21. The summed E-state index contributed by atoms with van der Waals surface area (Å²) in [6, 6.07) is 149. The van der Waals surface area contributed by atoms with E-state index in [1.807, 2.05) is 328 Å². The molecule has 0 saturated heterocycles. The Morgan fingerprint density at radius 3 is 0.551 bits per heavy atom. The summed E-state index contributed by atoms with van der Waals surface area (Å²) in [6.45, 7) is 0. The first-order chi connectivity index (χ1) is 67.3. The molecule has 0 N–H and O–H groups in total.